The lowest BCUT2D eigenvalue weighted by Gasteiger charge is -2.06. The van der Waals surface area contributed by atoms with Gasteiger partial charge in [0.25, 0.3) is 0 Å². The number of carbonyl (C=O) groups excluding carboxylic acids is 1. The molecule has 2 aromatic rings. The lowest BCUT2D eigenvalue weighted by atomic mass is 10.2. The minimum absolute atomic E-state index is 0.0189. The molecule has 2 aromatic heterocycles. The summed E-state index contributed by atoms with van der Waals surface area (Å²) in [5.41, 5.74) is 7.10. The summed E-state index contributed by atoms with van der Waals surface area (Å²) in [5, 5.41) is 10.8. The minimum atomic E-state index is -0.741. The average molecular weight is 532 g/mol. The summed E-state index contributed by atoms with van der Waals surface area (Å²) in [6, 6.07) is 7.60. The van der Waals surface area contributed by atoms with E-state index in [1.165, 1.54) is 0 Å². The predicted molar refractivity (Wildman–Crippen MR) is 121 cm³/mol. The molecule has 0 saturated carbocycles. The van der Waals surface area contributed by atoms with Gasteiger partial charge in [0.05, 0.1) is 23.9 Å². The van der Waals surface area contributed by atoms with E-state index in [0.717, 1.165) is 20.3 Å². The molecule has 0 unspecified atom stereocenters. The summed E-state index contributed by atoms with van der Waals surface area (Å²) in [7, 11) is 0. The Morgan fingerprint density at radius 3 is 1.72 bits per heavy atom. The zero-order chi connectivity index (χ0) is 22.4. The molecule has 1 amide bonds. The van der Waals surface area contributed by atoms with Gasteiger partial charge in [0.15, 0.2) is 0 Å². The molecule has 0 fully saturated rings. The van der Waals surface area contributed by atoms with Gasteiger partial charge >= 0.3 is 5.97 Å². The van der Waals surface area contributed by atoms with Crippen molar-refractivity contribution in [3.63, 3.8) is 0 Å². The maximum atomic E-state index is 11.2. The summed E-state index contributed by atoms with van der Waals surface area (Å²) < 4.78 is 1.93. The molecule has 0 aliphatic rings. The van der Waals surface area contributed by atoms with E-state index in [9.17, 15) is 9.59 Å². The third-order valence-electron chi connectivity index (χ3n) is 3.25. The second-order valence-electron chi connectivity index (χ2n) is 6.51. The van der Waals surface area contributed by atoms with Gasteiger partial charge < -0.3 is 16.2 Å². The summed E-state index contributed by atoms with van der Waals surface area (Å²) in [6.07, 6.45) is 3.46. The van der Waals surface area contributed by atoms with Gasteiger partial charge in [-0.3, -0.25) is 19.6 Å². The second-order valence-corrected chi connectivity index (χ2v) is 8.34. The van der Waals surface area contributed by atoms with E-state index >= 15 is 0 Å². The van der Waals surface area contributed by atoms with E-state index in [1.807, 2.05) is 38.1 Å². The maximum Gasteiger partial charge on any atom is 0.305 e. The van der Waals surface area contributed by atoms with Crippen LogP contribution in [0, 0.1) is 11.8 Å². The van der Waals surface area contributed by atoms with E-state index in [0.29, 0.717) is 13.1 Å². The van der Waals surface area contributed by atoms with E-state index in [4.69, 9.17) is 10.8 Å². The van der Waals surface area contributed by atoms with Crippen molar-refractivity contribution in [1.82, 2.24) is 15.3 Å². The van der Waals surface area contributed by atoms with E-state index in [-0.39, 0.29) is 17.7 Å². The van der Waals surface area contributed by atoms with Crippen LogP contribution in [0.3, 0.4) is 0 Å². The fraction of sp³-hybridized carbons (Fsp3) is 0.400. The largest absolute Gasteiger partial charge is 0.481 e. The van der Waals surface area contributed by atoms with Crippen molar-refractivity contribution in [3.05, 3.63) is 57.0 Å². The molecular formula is C20H28Br2N4O3. The number of carbonyl (C=O) groups is 2. The topological polar surface area (TPSA) is 118 Å². The molecule has 160 valence electrons. The third-order valence-corrected chi connectivity index (χ3v) is 4.19. The summed E-state index contributed by atoms with van der Waals surface area (Å²) in [4.78, 5) is 29.1. The van der Waals surface area contributed by atoms with Gasteiger partial charge in [-0.05, 0) is 56.1 Å². The summed E-state index contributed by atoms with van der Waals surface area (Å²) >= 11 is 6.57. The number of nitrogens with zero attached hydrogens (tertiary/aromatic N) is 2. The standard InChI is InChI=1S/C10H13BrN2O.C6H7BrN2.C4H8O2/c1-7(2)10(14)13-6-9-4-3-8(11)5-12-9;7-5-1-2-6(3-8)9-4-5;1-3(2)4(5)6/h3-5,7H,6H2,1-2H3,(H,13,14);1-2,4H,3,8H2;3H,1-2H3,(H,5,6). The summed E-state index contributed by atoms with van der Waals surface area (Å²) in [5.74, 6) is -0.903. The molecule has 0 radical (unpaired) electrons. The molecule has 2 rings (SSSR count). The lowest BCUT2D eigenvalue weighted by Crippen LogP contribution is -2.27. The van der Waals surface area contributed by atoms with Gasteiger partial charge in [0.2, 0.25) is 5.91 Å². The zero-order valence-electron chi connectivity index (χ0n) is 17.0. The minimum Gasteiger partial charge on any atom is -0.481 e. The molecule has 4 N–H and O–H groups in total. The van der Waals surface area contributed by atoms with Crippen LogP contribution < -0.4 is 11.1 Å². The van der Waals surface area contributed by atoms with Crippen LogP contribution in [0.1, 0.15) is 39.1 Å². The van der Waals surface area contributed by atoms with Crippen LogP contribution in [0.4, 0.5) is 0 Å². The number of carboxylic acids is 1. The van der Waals surface area contributed by atoms with E-state index in [2.05, 4.69) is 47.1 Å². The van der Waals surface area contributed by atoms with Crippen molar-refractivity contribution >= 4 is 43.7 Å². The SMILES string of the molecule is CC(C)C(=O)NCc1ccc(Br)cn1.CC(C)C(=O)O.NCc1ccc(Br)cn1. The van der Waals surface area contributed by atoms with Crippen molar-refractivity contribution in [1.29, 1.82) is 0 Å². The van der Waals surface area contributed by atoms with Crippen molar-refractivity contribution in [2.45, 2.75) is 40.8 Å². The smallest absolute Gasteiger partial charge is 0.305 e. The first kappa shape index (κ1) is 27.2. The van der Waals surface area contributed by atoms with E-state index < -0.39 is 5.97 Å². The number of halogens is 2. The molecule has 0 aromatic carbocycles. The number of amides is 1. The normalized spacial score (nSPS) is 9.83. The number of nitrogens with two attached hydrogens (primary N) is 1. The Bertz CT molecular complexity index is 736. The number of carboxylic acid groups (broad SMARTS) is 1. The van der Waals surface area contributed by atoms with Crippen LogP contribution in [0.25, 0.3) is 0 Å². The Kier molecular flexibility index (Phi) is 14.1. The molecule has 0 aliphatic carbocycles. The molecule has 9 heteroatoms. The number of rotatable bonds is 5. The van der Waals surface area contributed by atoms with Gasteiger partial charge in [0.1, 0.15) is 0 Å². The number of pyridine rings is 2. The number of nitrogens with one attached hydrogen (secondary N) is 1. The van der Waals surface area contributed by atoms with Crippen molar-refractivity contribution in [2.24, 2.45) is 17.6 Å². The first-order chi connectivity index (χ1) is 13.6. The van der Waals surface area contributed by atoms with Crippen LogP contribution in [0.15, 0.2) is 45.6 Å². The first-order valence-electron chi connectivity index (χ1n) is 8.98. The van der Waals surface area contributed by atoms with Gasteiger partial charge in [0, 0.05) is 33.8 Å². The van der Waals surface area contributed by atoms with Crippen molar-refractivity contribution < 1.29 is 14.7 Å². The fourth-order valence-electron chi connectivity index (χ4n) is 1.42. The zero-order valence-corrected chi connectivity index (χ0v) is 20.2. The highest BCUT2D eigenvalue weighted by molar-refractivity contribution is 9.10. The van der Waals surface area contributed by atoms with E-state index in [1.54, 1.807) is 26.2 Å². The number of aliphatic carboxylic acids is 1. The molecular weight excluding hydrogens is 504 g/mol. The highest BCUT2D eigenvalue weighted by atomic mass is 79.9. The summed E-state index contributed by atoms with van der Waals surface area (Å²) in [6.45, 7) is 8.01. The van der Waals surface area contributed by atoms with Gasteiger partial charge in [-0.1, -0.05) is 27.7 Å². The van der Waals surface area contributed by atoms with Crippen LogP contribution in [-0.2, 0) is 22.7 Å². The quantitative estimate of drug-likeness (QED) is 0.533. The highest BCUT2D eigenvalue weighted by Crippen LogP contribution is 2.07. The Balaban J connectivity index is 0.000000448. The second kappa shape index (κ2) is 15.1. The van der Waals surface area contributed by atoms with Gasteiger partial charge in [-0.2, -0.15) is 0 Å². The predicted octanol–water partition coefficient (Wildman–Crippen LogP) is 4.15. The maximum absolute atomic E-state index is 11.2. The molecule has 29 heavy (non-hydrogen) atoms. The Labute approximate surface area is 188 Å². The molecule has 0 aliphatic heterocycles. The third kappa shape index (κ3) is 13.9. The fourth-order valence-corrected chi connectivity index (χ4v) is 1.89. The van der Waals surface area contributed by atoms with Crippen LogP contribution in [-0.4, -0.2) is 27.0 Å². The number of hydrogen-bond donors (Lipinski definition) is 3. The Morgan fingerprint density at radius 1 is 0.966 bits per heavy atom. The molecule has 0 bridgehead atoms. The molecule has 0 spiro atoms. The van der Waals surface area contributed by atoms with Crippen LogP contribution in [0.5, 0.6) is 0 Å². The number of aromatic nitrogens is 2. The molecule has 7 nitrogen and oxygen atoms in total. The Morgan fingerprint density at radius 2 is 1.41 bits per heavy atom. The van der Waals surface area contributed by atoms with Gasteiger partial charge in [-0.15, -0.1) is 0 Å². The van der Waals surface area contributed by atoms with Crippen molar-refractivity contribution in [3.8, 4) is 0 Å². The Hall–Kier alpha value is -1.84. The molecule has 2 heterocycles. The van der Waals surface area contributed by atoms with Gasteiger partial charge in [-0.25, -0.2) is 0 Å². The highest BCUT2D eigenvalue weighted by Gasteiger charge is 2.05. The average Bonchev–Trinajstić information content (AvgIpc) is 2.68. The first-order valence-corrected chi connectivity index (χ1v) is 10.6. The van der Waals surface area contributed by atoms with Crippen LogP contribution in [0.2, 0.25) is 0 Å². The molecule has 0 atom stereocenters. The number of hydrogen-bond acceptors (Lipinski definition) is 5. The lowest BCUT2D eigenvalue weighted by molar-refractivity contribution is -0.140. The van der Waals surface area contributed by atoms with Crippen LogP contribution >= 0.6 is 31.9 Å². The molecule has 0 saturated heterocycles. The monoisotopic (exact) mass is 530 g/mol. The van der Waals surface area contributed by atoms with Crippen molar-refractivity contribution in [2.75, 3.05) is 0 Å².